The van der Waals surface area contributed by atoms with Crippen LogP contribution in [0.2, 0.25) is 0 Å². The van der Waals surface area contributed by atoms with Crippen molar-refractivity contribution >= 4 is 17.9 Å². The van der Waals surface area contributed by atoms with Gasteiger partial charge in [0.1, 0.15) is 13.2 Å². The highest BCUT2D eigenvalue weighted by Crippen LogP contribution is 2.15. The summed E-state index contributed by atoms with van der Waals surface area (Å²) in [5.74, 6) is -0.917. The molecule has 0 fully saturated rings. The van der Waals surface area contributed by atoms with Gasteiger partial charge in [-0.1, -0.05) is 229 Å². The van der Waals surface area contributed by atoms with Crippen LogP contribution in [0.1, 0.15) is 284 Å². The third-order valence-electron chi connectivity index (χ3n) is 12.3. The van der Waals surface area contributed by atoms with Gasteiger partial charge in [-0.15, -0.1) is 0 Å². The second kappa shape index (κ2) is 54.7. The van der Waals surface area contributed by atoms with Gasteiger partial charge < -0.3 is 14.2 Å². The zero-order valence-electron chi connectivity index (χ0n) is 43.7. The fraction of sp³-hybridized carbons (Fsp3) is 0.783. The highest BCUT2D eigenvalue weighted by atomic mass is 16.6. The maximum atomic E-state index is 12.8. The lowest BCUT2D eigenvalue weighted by Gasteiger charge is -2.18. The zero-order valence-corrected chi connectivity index (χ0v) is 43.7. The highest BCUT2D eigenvalue weighted by Gasteiger charge is 2.19. The molecule has 0 amide bonds. The predicted molar refractivity (Wildman–Crippen MR) is 284 cm³/mol. The Morgan fingerprint density at radius 3 is 0.909 bits per heavy atom. The summed E-state index contributed by atoms with van der Waals surface area (Å²) in [6, 6.07) is 0. The summed E-state index contributed by atoms with van der Waals surface area (Å²) in [6.07, 6.45) is 67.8. The summed E-state index contributed by atoms with van der Waals surface area (Å²) in [4.78, 5) is 38.1. The minimum absolute atomic E-state index is 0.0881. The van der Waals surface area contributed by atoms with E-state index in [9.17, 15) is 14.4 Å². The monoisotopic (exact) mass is 923 g/mol. The van der Waals surface area contributed by atoms with Crippen LogP contribution in [0.3, 0.4) is 0 Å². The number of hydrogen-bond acceptors (Lipinski definition) is 6. The van der Waals surface area contributed by atoms with Gasteiger partial charge >= 0.3 is 17.9 Å². The average molecular weight is 924 g/mol. The van der Waals surface area contributed by atoms with Crippen molar-refractivity contribution in [3.63, 3.8) is 0 Å². The van der Waals surface area contributed by atoms with Crippen LogP contribution in [0.5, 0.6) is 0 Å². The van der Waals surface area contributed by atoms with Crippen LogP contribution in [-0.4, -0.2) is 37.2 Å². The van der Waals surface area contributed by atoms with Gasteiger partial charge in [0.15, 0.2) is 6.10 Å². The summed E-state index contributed by atoms with van der Waals surface area (Å²) in [5, 5.41) is 0. The average Bonchev–Trinajstić information content (AvgIpc) is 3.31. The summed E-state index contributed by atoms with van der Waals surface area (Å²) >= 11 is 0. The molecule has 0 aromatic rings. The second-order valence-electron chi connectivity index (χ2n) is 18.9. The lowest BCUT2D eigenvalue weighted by molar-refractivity contribution is -0.167. The van der Waals surface area contributed by atoms with E-state index in [1.54, 1.807) is 0 Å². The molecule has 66 heavy (non-hydrogen) atoms. The van der Waals surface area contributed by atoms with E-state index in [0.717, 1.165) is 96.3 Å². The second-order valence-corrected chi connectivity index (χ2v) is 18.9. The van der Waals surface area contributed by atoms with Gasteiger partial charge in [-0.05, 0) is 96.3 Å². The molecule has 0 saturated carbocycles. The number of allylic oxidation sites excluding steroid dienone is 10. The number of esters is 3. The van der Waals surface area contributed by atoms with Gasteiger partial charge in [-0.2, -0.15) is 0 Å². The summed E-state index contributed by atoms with van der Waals surface area (Å²) in [7, 11) is 0. The molecule has 0 rings (SSSR count). The lowest BCUT2D eigenvalue weighted by atomic mass is 10.1. The molecule has 6 heteroatoms. The molecular formula is C60H106O6. The maximum absolute atomic E-state index is 12.8. The topological polar surface area (TPSA) is 78.9 Å². The fourth-order valence-corrected chi connectivity index (χ4v) is 7.96. The first-order valence-corrected chi connectivity index (χ1v) is 28.3. The number of unbranched alkanes of at least 4 members (excludes halogenated alkanes) is 32. The molecule has 1 atom stereocenters. The quantitative estimate of drug-likeness (QED) is 0.0199. The number of rotatable bonds is 51. The lowest BCUT2D eigenvalue weighted by Crippen LogP contribution is -2.30. The first-order chi connectivity index (χ1) is 32.5. The number of ether oxygens (including phenoxy) is 3. The molecule has 0 bridgehead atoms. The van der Waals surface area contributed by atoms with Crippen molar-refractivity contribution in [1.82, 2.24) is 0 Å². The largest absolute Gasteiger partial charge is 0.462 e. The van der Waals surface area contributed by atoms with Crippen LogP contribution in [0.4, 0.5) is 0 Å². The van der Waals surface area contributed by atoms with Gasteiger partial charge in [0.25, 0.3) is 0 Å². The molecule has 1 unspecified atom stereocenters. The fourth-order valence-electron chi connectivity index (χ4n) is 7.96. The predicted octanol–water partition coefficient (Wildman–Crippen LogP) is 18.8. The Bertz CT molecular complexity index is 1200. The van der Waals surface area contributed by atoms with E-state index in [1.807, 2.05) is 0 Å². The maximum Gasteiger partial charge on any atom is 0.306 e. The van der Waals surface area contributed by atoms with Crippen molar-refractivity contribution in [2.45, 2.75) is 290 Å². The van der Waals surface area contributed by atoms with E-state index < -0.39 is 6.10 Å². The van der Waals surface area contributed by atoms with Crippen molar-refractivity contribution in [3.8, 4) is 0 Å². The molecule has 0 spiro atoms. The molecule has 0 radical (unpaired) electrons. The smallest absolute Gasteiger partial charge is 0.306 e. The molecule has 0 aliphatic carbocycles. The zero-order chi connectivity index (χ0) is 47.9. The number of hydrogen-bond donors (Lipinski definition) is 0. The molecule has 0 aliphatic heterocycles. The number of carbonyl (C=O) groups is 3. The minimum Gasteiger partial charge on any atom is -0.462 e. The Morgan fingerprint density at radius 1 is 0.303 bits per heavy atom. The van der Waals surface area contributed by atoms with Gasteiger partial charge in [0.05, 0.1) is 0 Å². The van der Waals surface area contributed by atoms with Crippen molar-refractivity contribution in [2.24, 2.45) is 0 Å². The van der Waals surface area contributed by atoms with Crippen molar-refractivity contribution in [2.75, 3.05) is 13.2 Å². The summed E-state index contributed by atoms with van der Waals surface area (Å²) < 4.78 is 16.8. The van der Waals surface area contributed by atoms with Crippen LogP contribution in [0, 0.1) is 0 Å². The van der Waals surface area contributed by atoms with Gasteiger partial charge in [0.2, 0.25) is 0 Å². The van der Waals surface area contributed by atoms with Crippen LogP contribution >= 0.6 is 0 Å². The summed E-state index contributed by atoms with van der Waals surface area (Å²) in [5.41, 5.74) is 0. The number of carbonyl (C=O) groups excluding carboxylic acids is 3. The van der Waals surface area contributed by atoms with Crippen molar-refractivity contribution < 1.29 is 28.6 Å². The van der Waals surface area contributed by atoms with Crippen LogP contribution in [0.25, 0.3) is 0 Å². The molecular weight excluding hydrogens is 817 g/mol. The Labute approximate surface area is 409 Å². The van der Waals surface area contributed by atoms with E-state index in [-0.39, 0.29) is 31.1 Å². The normalized spacial score (nSPS) is 12.5. The molecule has 0 saturated heterocycles. The van der Waals surface area contributed by atoms with Crippen LogP contribution < -0.4 is 0 Å². The molecule has 0 aromatic heterocycles. The van der Waals surface area contributed by atoms with E-state index >= 15 is 0 Å². The first-order valence-electron chi connectivity index (χ1n) is 28.3. The van der Waals surface area contributed by atoms with Crippen LogP contribution in [0.15, 0.2) is 60.8 Å². The molecule has 0 N–H and O–H groups in total. The van der Waals surface area contributed by atoms with E-state index in [1.165, 1.54) is 148 Å². The molecule has 382 valence electrons. The third kappa shape index (κ3) is 52.1. The minimum atomic E-state index is -0.790. The van der Waals surface area contributed by atoms with Gasteiger partial charge in [0, 0.05) is 19.3 Å². The third-order valence-corrected chi connectivity index (χ3v) is 12.3. The first kappa shape index (κ1) is 63.1. The van der Waals surface area contributed by atoms with Crippen molar-refractivity contribution in [1.29, 1.82) is 0 Å². The van der Waals surface area contributed by atoms with E-state index in [2.05, 4.69) is 81.5 Å². The molecule has 0 aliphatic rings. The Balaban J connectivity index is 4.41. The SMILES string of the molecule is CCCCC/C=C\CCCCCCCC(=O)OCC(COC(=O)CCCCCCC\C=C/C=C\C=C/CCCCCCC)OC(=O)CCCCCCC/C=C\CCCCCCCCCCC. The van der Waals surface area contributed by atoms with Crippen LogP contribution in [-0.2, 0) is 28.6 Å². The molecule has 6 nitrogen and oxygen atoms in total. The molecule has 0 aromatic carbocycles. The Morgan fingerprint density at radius 2 is 0.561 bits per heavy atom. The Kier molecular flexibility index (Phi) is 52.3. The molecule has 0 heterocycles. The van der Waals surface area contributed by atoms with E-state index in [0.29, 0.717) is 19.3 Å². The Hall–Kier alpha value is -2.89. The highest BCUT2D eigenvalue weighted by molar-refractivity contribution is 5.71. The van der Waals surface area contributed by atoms with Gasteiger partial charge in [-0.3, -0.25) is 14.4 Å². The summed E-state index contributed by atoms with van der Waals surface area (Å²) in [6.45, 7) is 6.59. The van der Waals surface area contributed by atoms with Crippen molar-refractivity contribution in [3.05, 3.63) is 60.8 Å². The van der Waals surface area contributed by atoms with E-state index in [4.69, 9.17) is 14.2 Å². The standard InChI is InChI=1S/C60H106O6/c1-4-7-10-13-16-19-22-25-27-29-31-33-35-38-41-44-47-50-53-59(62)65-56-57(55-64-58(61)52-49-46-43-40-37-24-21-18-15-12-9-6-3)66-60(63)54-51-48-45-42-39-36-34-32-30-28-26-23-20-17-14-11-8-5-2/h18,21-22,25,27,29,31-34,57H,4-17,19-20,23-24,26,28,30,35-56H2,1-3H3/b21-18-,25-22-,29-27-,33-31-,34-32-. The van der Waals surface area contributed by atoms with Gasteiger partial charge in [-0.25, -0.2) is 0 Å².